The molecule has 1 unspecified atom stereocenters. The highest BCUT2D eigenvalue weighted by Gasteiger charge is 2.45. The van der Waals surface area contributed by atoms with Crippen molar-refractivity contribution < 1.29 is 13.7 Å². The average Bonchev–Trinajstić information content (AvgIpc) is 3.09. The van der Waals surface area contributed by atoms with Crippen LogP contribution >= 0.6 is 0 Å². The number of hydrogen-bond donors (Lipinski definition) is 0. The lowest BCUT2D eigenvalue weighted by atomic mass is 10.1. The van der Waals surface area contributed by atoms with E-state index in [2.05, 4.69) is 9.72 Å². The molecule has 1 atom stereocenters. The van der Waals surface area contributed by atoms with Gasteiger partial charge in [0.05, 0.1) is 13.5 Å². The third kappa shape index (κ3) is 3.63. The molecule has 0 N–H and O–H groups in total. The monoisotopic (exact) mass is 267 g/mol. The maximum atomic E-state index is 12.1. The fraction of sp³-hybridized carbons (Fsp3) is 0.538. The minimum absolute atomic E-state index is 0.0645. The third-order valence-electron chi connectivity index (χ3n) is 3.25. The van der Waals surface area contributed by atoms with Crippen LogP contribution < -0.4 is 0 Å². The molecular weight excluding hydrogens is 250 g/mol. The van der Waals surface area contributed by atoms with Crippen molar-refractivity contribution in [1.29, 1.82) is 0 Å². The SMILES string of the molecule is COC(=O)CC1(CS(=O)Cc2ccncc2)CC1. The topological polar surface area (TPSA) is 56.3 Å². The van der Waals surface area contributed by atoms with Crippen molar-refractivity contribution in [3.63, 3.8) is 0 Å². The summed E-state index contributed by atoms with van der Waals surface area (Å²) in [5, 5.41) is 0. The van der Waals surface area contributed by atoms with E-state index in [1.54, 1.807) is 12.4 Å². The van der Waals surface area contributed by atoms with Gasteiger partial charge in [-0.05, 0) is 36.0 Å². The van der Waals surface area contributed by atoms with Gasteiger partial charge in [0.25, 0.3) is 0 Å². The molecule has 0 radical (unpaired) electrons. The Morgan fingerprint density at radius 2 is 2.11 bits per heavy atom. The molecule has 1 aromatic rings. The minimum atomic E-state index is -0.932. The molecule has 1 heterocycles. The zero-order chi connectivity index (χ0) is 13.0. The van der Waals surface area contributed by atoms with Crippen LogP contribution in [0.4, 0.5) is 0 Å². The number of nitrogens with zero attached hydrogens (tertiary/aromatic N) is 1. The van der Waals surface area contributed by atoms with Crippen molar-refractivity contribution >= 4 is 16.8 Å². The average molecular weight is 267 g/mol. The number of pyridine rings is 1. The number of esters is 1. The van der Waals surface area contributed by atoms with Crippen molar-refractivity contribution in [2.75, 3.05) is 12.9 Å². The van der Waals surface area contributed by atoms with Gasteiger partial charge in [-0.25, -0.2) is 0 Å². The molecule has 0 bridgehead atoms. The Balaban J connectivity index is 1.86. The molecule has 0 spiro atoms. The van der Waals surface area contributed by atoms with Gasteiger partial charge in [-0.3, -0.25) is 14.0 Å². The van der Waals surface area contributed by atoms with Crippen LogP contribution in [0.15, 0.2) is 24.5 Å². The van der Waals surface area contributed by atoms with Crippen molar-refractivity contribution in [1.82, 2.24) is 4.98 Å². The summed E-state index contributed by atoms with van der Waals surface area (Å²) < 4.78 is 16.8. The minimum Gasteiger partial charge on any atom is -0.469 e. The van der Waals surface area contributed by atoms with Gasteiger partial charge in [0, 0.05) is 34.7 Å². The summed E-state index contributed by atoms with van der Waals surface area (Å²) in [5.41, 5.74) is 0.961. The maximum absolute atomic E-state index is 12.1. The lowest BCUT2D eigenvalue weighted by Gasteiger charge is -2.13. The van der Waals surface area contributed by atoms with E-state index in [-0.39, 0.29) is 11.4 Å². The van der Waals surface area contributed by atoms with Crippen LogP contribution in [-0.4, -0.2) is 28.0 Å². The lowest BCUT2D eigenvalue weighted by Crippen LogP contribution is -2.18. The Hall–Kier alpha value is -1.23. The fourth-order valence-electron chi connectivity index (χ4n) is 1.98. The fourth-order valence-corrected chi connectivity index (χ4v) is 3.72. The van der Waals surface area contributed by atoms with E-state index >= 15 is 0 Å². The zero-order valence-electron chi connectivity index (χ0n) is 10.4. The van der Waals surface area contributed by atoms with E-state index in [0.29, 0.717) is 17.9 Å². The first-order valence-corrected chi connectivity index (χ1v) is 7.43. The van der Waals surface area contributed by atoms with Crippen LogP contribution in [0.25, 0.3) is 0 Å². The molecule has 0 saturated heterocycles. The summed E-state index contributed by atoms with van der Waals surface area (Å²) in [6.45, 7) is 0. The molecule has 2 rings (SSSR count). The molecule has 0 amide bonds. The van der Waals surface area contributed by atoms with Crippen LogP contribution in [0.1, 0.15) is 24.8 Å². The quantitative estimate of drug-likeness (QED) is 0.736. The number of carbonyl (C=O) groups is 1. The van der Waals surface area contributed by atoms with Gasteiger partial charge in [-0.15, -0.1) is 0 Å². The molecule has 1 aliphatic rings. The summed E-state index contributed by atoms with van der Waals surface area (Å²) in [5.74, 6) is 0.920. The van der Waals surface area contributed by atoms with Gasteiger partial charge < -0.3 is 4.74 Å². The van der Waals surface area contributed by atoms with Crippen molar-refractivity contribution in [2.24, 2.45) is 5.41 Å². The van der Waals surface area contributed by atoms with Crippen molar-refractivity contribution in [3.05, 3.63) is 30.1 Å². The van der Waals surface area contributed by atoms with E-state index < -0.39 is 10.8 Å². The van der Waals surface area contributed by atoms with Crippen molar-refractivity contribution in [2.45, 2.75) is 25.0 Å². The Bertz CT molecular complexity index is 443. The van der Waals surface area contributed by atoms with Crippen LogP contribution in [-0.2, 0) is 26.1 Å². The van der Waals surface area contributed by atoms with E-state index in [4.69, 9.17) is 0 Å². The number of carbonyl (C=O) groups excluding carboxylic acids is 1. The zero-order valence-corrected chi connectivity index (χ0v) is 11.2. The molecule has 1 saturated carbocycles. The highest BCUT2D eigenvalue weighted by atomic mass is 32.2. The van der Waals surface area contributed by atoms with E-state index in [1.165, 1.54) is 7.11 Å². The predicted octanol–water partition coefficient (Wildman–Crippen LogP) is 1.67. The van der Waals surface area contributed by atoms with Crippen LogP contribution in [0.3, 0.4) is 0 Å². The second kappa shape index (κ2) is 5.61. The lowest BCUT2D eigenvalue weighted by molar-refractivity contribution is -0.141. The Kier molecular flexibility index (Phi) is 4.11. The van der Waals surface area contributed by atoms with Crippen LogP contribution in [0, 0.1) is 5.41 Å². The summed E-state index contributed by atoms with van der Waals surface area (Å²) in [4.78, 5) is 15.2. The van der Waals surface area contributed by atoms with E-state index in [1.807, 2.05) is 12.1 Å². The van der Waals surface area contributed by atoms with Gasteiger partial charge in [-0.2, -0.15) is 0 Å². The van der Waals surface area contributed by atoms with Gasteiger partial charge in [0.15, 0.2) is 0 Å². The van der Waals surface area contributed by atoms with Crippen LogP contribution in [0.2, 0.25) is 0 Å². The largest absolute Gasteiger partial charge is 0.469 e. The van der Waals surface area contributed by atoms with Gasteiger partial charge in [0.2, 0.25) is 0 Å². The number of aromatic nitrogens is 1. The molecule has 5 heteroatoms. The first-order chi connectivity index (χ1) is 8.63. The van der Waals surface area contributed by atoms with Gasteiger partial charge in [0.1, 0.15) is 0 Å². The van der Waals surface area contributed by atoms with Crippen LogP contribution in [0.5, 0.6) is 0 Å². The second-order valence-electron chi connectivity index (χ2n) is 4.84. The Labute approximate surface area is 109 Å². The molecule has 4 nitrogen and oxygen atoms in total. The van der Waals surface area contributed by atoms with Crippen molar-refractivity contribution in [3.8, 4) is 0 Å². The molecule has 1 aliphatic carbocycles. The third-order valence-corrected chi connectivity index (χ3v) is 4.84. The highest BCUT2D eigenvalue weighted by Crippen LogP contribution is 2.49. The maximum Gasteiger partial charge on any atom is 0.306 e. The summed E-state index contributed by atoms with van der Waals surface area (Å²) in [6, 6.07) is 3.75. The number of ether oxygens (including phenoxy) is 1. The molecule has 18 heavy (non-hydrogen) atoms. The summed E-state index contributed by atoms with van der Waals surface area (Å²) in [6.07, 6.45) is 5.75. The standard InChI is InChI=1S/C13H17NO3S/c1-17-12(15)8-13(4-5-13)10-18(16)9-11-2-6-14-7-3-11/h2-3,6-7H,4-5,8-10H2,1H3. The molecular formula is C13H17NO3S. The smallest absolute Gasteiger partial charge is 0.306 e. The first-order valence-electron chi connectivity index (χ1n) is 5.94. The molecule has 0 aliphatic heterocycles. The molecule has 98 valence electrons. The normalized spacial score (nSPS) is 18.1. The molecule has 0 aromatic carbocycles. The number of hydrogen-bond acceptors (Lipinski definition) is 4. The molecule has 1 fully saturated rings. The predicted molar refractivity (Wildman–Crippen MR) is 69.3 cm³/mol. The molecule has 1 aromatic heterocycles. The van der Waals surface area contributed by atoms with E-state index in [9.17, 15) is 9.00 Å². The Morgan fingerprint density at radius 1 is 1.44 bits per heavy atom. The number of methoxy groups -OCH3 is 1. The van der Waals surface area contributed by atoms with E-state index in [0.717, 1.165) is 18.4 Å². The summed E-state index contributed by atoms with van der Waals surface area (Å²) in [7, 11) is 0.463. The van der Waals surface area contributed by atoms with Gasteiger partial charge >= 0.3 is 5.97 Å². The van der Waals surface area contributed by atoms with Gasteiger partial charge in [-0.1, -0.05) is 0 Å². The first kappa shape index (κ1) is 13.2. The highest BCUT2D eigenvalue weighted by molar-refractivity contribution is 7.84. The summed E-state index contributed by atoms with van der Waals surface area (Å²) >= 11 is 0. The number of rotatable bonds is 6. The second-order valence-corrected chi connectivity index (χ2v) is 6.29. The Morgan fingerprint density at radius 3 is 2.67 bits per heavy atom.